The fourth-order valence-corrected chi connectivity index (χ4v) is 6.91. The first-order valence-electron chi connectivity index (χ1n) is 11.4. The van der Waals surface area contributed by atoms with Crippen LogP contribution in [0.5, 0.6) is 0 Å². The van der Waals surface area contributed by atoms with Gasteiger partial charge in [0, 0.05) is 42.6 Å². The Hall–Kier alpha value is -1.77. The third-order valence-corrected chi connectivity index (χ3v) is 9.13. The summed E-state index contributed by atoms with van der Waals surface area (Å²) in [5.41, 5.74) is 3.85. The van der Waals surface area contributed by atoms with E-state index in [0.717, 1.165) is 79.9 Å². The number of carboxylic acids is 1. The minimum atomic E-state index is -3.37. The Balaban J connectivity index is 1.57. The summed E-state index contributed by atoms with van der Waals surface area (Å²) in [6, 6.07) is 3.94. The van der Waals surface area contributed by atoms with Crippen LogP contribution in [0.2, 0.25) is 0 Å². The summed E-state index contributed by atoms with van der Waals surface area (Å²) in [5.74, 6) is 0.151. The summed E-state index contributed by atoms with van der Waals surface area (Å²) in [6.07, 6.45) is 8.18. The SMILES string of the molecule is CN1CCc2cc(-c3csc([C@H]4CC[C@H](CCC(=O)O)CC4)n3)c(S(C)(=O)=O)cc2CC1. The van der Waals surface area contributed by atoms with Gasteiger partial charge < -0.3 is 10.0 Å². The Morgan fingerprint density at radius 1 is 1.16 bits per heavy atom. The molecule has 0 unspecified atom stereocenters. The molecule has 0 bridgehead atoms. The summed E-state index contributed by atoms with van der Waals surface area (Å²) in [5, 5.41) is 12.0. The first-order chi connectivity index (χ1) is 15.2. The number of nitrogens with zero attached hydrogens (tertiary/aromatic N) is 2. The van der Waals surface area contributed by atoms with E-state index in [4.69, 9.17) is 10.1 Å². The van der Waals surface area contributed by atoms with Crippen LogP contribution in [0.25, 0.3) is 11.3 Å². The number of aromatic nitrogens is 1. The van der Waals surface area contributed by atoms with Gasteiger partial charge in [0.1, 0.15) is 0 Å². The zero-order valence-corrected chi connectivity index (χ0v) is 20.5. The van der Waals surface area contributed by atoms with Crippen molar-refractivity contribution in [2.45, 2.75) is 62.2 Å². The average molecular weight is 477 g/mol. The van der Waals surface area contributed by atoms with Gasteiger partial charge in [-0.15, -0.1) is 11.3 Å². The highest BCUT2D eigenvalue weighted by Gasteiger charge is 2.26. The monoisotopic (exact) mass is 476 g/mol. The van der Waals surface area contributed by atoms with Gasteiger partial charge in [0.25, 0.3) is 0 Å². The van der Waals surface area contributed by atoms with Crippen LogP contribution in [-0.2, 0) is 27.5 Å². The summed E-state index contributed by atoms with van der Waals surface area (Å²) in [4.78, 5) is 18.4. The van der Waals surface area contributed by atoms with Crippen molar-refractivity contribution in [1.29, 1.82) is 0 Å². The second-order valence-electron chi connectivity index (χ2n) is 9.41. The van der Waals surface area contributed by atoms with Crippen LogP contribution >= 0.6 is 11.3 Å². The highest BCUT2D eigenvalue weighted by Crippen LogP contribution is 2.40. The van der Waals surface area contributed by atoms with Crippen molar-refractivity contribution in [3.05, 3.63) is 33.6 Å². The summed E-state index contributed by atoms with van der Waals surface area (Å²) >= 11 is 1.62. The molecule has 1 aliphatic carbocycles. The van der Waals surface area contributed by atoms with Crippen LogP contribution < -0.4 is 0 Å². The molecule has 0 saturated heterocycles. The molecular weight excluding hydrogens is 444 g/mol. The number of aliphatic carboxylic acids is 1. The fourth-order valence-electron chi connectivity index (χ4n) is 5.00. The van der Waals surface area contributed by atoms with Crippen LogP contribution in [0.15, 0.2) is 22.4 Å². The molecular formula is C24H32N2O4S2. The van der Waals surface area contributed by atoms with Crippen molar-refractivity contribution in [3.63, 3.8) is 0 Å². The number of carboxylic acid groups (broad SMARTS) is 1. The van der Waals surface area contributed by atoms with Crippen molar-refractivity contribution in [1.82, 2.24) is 9.88 Å². The molecule has 174 valence electrons. The second kappa shape index (κ2) is 9.61. The Labute approximate surface area is 194 Å². The first kappa shape index (κ1) is 23.4. The van der Waals surface area contributed by atoms with Gasteiger partial charge in [-0.05, 0) is 81.2 Å². The van der Waals surface area contributed by atoms with Gasteiger partial charge in [-0.3, -0.25) is 4.79 Å². The standard InChI is InChI=1S/C24H32N2O4S2/c1-26-11-9-18-13-20(22(32(2,29)30)14-19(18)10-12-26)21-15-31-24(25-21)17-6-3-16(4-7-17)5-8-23(27)28/h13-17H,3-12H2,1-2H3,(H,27,28)/t16-,17-. The van der Waals surface area contributed by atoms with E-state index in [2.05, 4.69) is 18.0 Å². The molecule has 1 aliphatic heterocycles. The first-order valence-corrected chi connectivity index (χ1v) is 14.2. The molecule has 1 N–H and O–H groups in total. The molecule has 6 nitrogen and oxygen atoms in total. The summed E-state index contributed by atoms with van der Waals surface area (Å²) in [6.45, 7) is 1.91. The van der Waals surface area contributed by atoms with Gasteiger partial charge in [-0.1, -0.05) is 0 Å². The number of hydrogen-bond donors (Lipinski definition) is 1. The van der Waals surface area contributed by atoms with E-state index in [-0.39, 0.29) is 6.42 Å². The predicted octanol–water partition coefficient (Wildman–Crippen LogP) is 4.38. The van der Waals surface area contributed by atoms with Crippen LogP contribution in [0, 0.1) is 5.92 Å². The molecule has 4 rings (SSSR count). The van der Waals surface area contributed by atoms with Crippen molar-refractivity contribution < 1.29 is 18.3 Å². The van der Waals surface area contributed by atoms with Crippen molar-refractivity contribution in [2.75, 3.05) is 26.4 Å². The third-order valence-electron chi connectivity index (χ3n) is 6.99. The normalized spacial score (nSPS) is 22.3. The second-order valence-corrected chi connectivity index (χ2v) is 12.3. The van der Waals surface area contributed by atoms with Crippen molar-refractivity contribution in [2.24, 2.45) is 5.92 Å². The van der Waals surface area contributed by atoms with Crippen LogP contribution in [0.4, 0.5) is 0 Å². The number of fused-ring (bicyclic) bond motifs is 1. The lowest BCUT2D eigenvalue weighted by atomic mass is 9.80. The van der Waals surface area contributed by atoms with E-state index < -0.39 is 15.8 Å². The minimum absolute atomic E-state index is 0.249. The molecule has 2 aromatic rings. The van der Waals surface area contributed by atoms with Crippen molar-refractivity contribution in [3.8, 4) is 11.3 Å². The molecule has 0 spiro atoms. The van der Waals surface area contributed by atoms with Crippen LogP contribution in [-0.4, -0.2) is 55.8 Å². The quantitative estimate of drug-likeness (QED) is 0.666. The Kier molecular flexibility index (Phi) is 7.03. The maximum Gasteiger partial charge on any atom is 0.303 e. The van der Waals surface area contributed by atoms with Gasteiger partial charge in [-0.25, -0.2) is 13.4 Å². The lowest BCUT2D eigenvalue weighted by molar-refractivity contribution is -0.137. The Morgan fingerprint density at radius 2 is 1.81 bits per heavy atom. The van der Waals surface area contributed by atoms with Gasteiger partial charge in [0.05, 0.1) is 15.6 Å². The topological polar surface area (TPSA) is 87.6 Å². The van der Waals surface area contributed by atoms with E-state index in [0.29, 0.717) is 16.7 Å². The minimum Gasteiger partial charge on any atom is -0.481 e. The lowest BCUT2D eigenvalue weighted by Crippen LogP contribution is -2.20. The van der Waals surface area contributed by atoms with E-state index in [1.54, 1.807) is 11.3 Å². The maximum atomic E-state index is 12.6. The van der Waals surface area contributed by atoms with E-state index >= 15 is 0 Å². The van der Waals surface area contributed by atoms with Gasteiger partial charge in [0.15, 0.2) is 9.84 Å². The highest BCUT2D eigenvalue weighted by atomic mass is 32.2. The molecule has 1 aromatic heterocycles. The number of benzene rings is 1. The molecule has 1 saturated carbocycles. The lowest BCUT2D eigenvalue weighted by Gasteiger charge is -2.26. The van der Waals surface area contributed by atoms with E-state index in [1.807, 2.05) is 11.4 Å². The molecule has 1 aromatic carbocycles. The Morgan fingerprint density at radius 3 is 2.44 bits per heavy atom. The number of hydrogen-bond acceptors (Lipinski definition) is 6. The molecule has 8 heteroatoms. The number of rotatable bonds is 6. The largest absolute Gasteiger partial charge is 0.481 e. The van der Waals surface area contributed by atoms with E-state index in [1.165, 1.54) is 11.8 Å². The molecule has 1 fully saturated rings. The van der Waals surface area contributed by atoms with Crippen LogP contribution in [0.3, 0.4) is 0 Å². The average Bonchev–Trinajstić information content (AvgIpc) is 3.17. The Bertz CT molecular complexity index is 1090. The zero-order chi connectivity index (χ0) is 22.9. The number of sulfone groups is 1. The number of likely N-dealkylation sites (N-methyl/N-ethyl adjacent to an activating group) is 1. The molecule has 2 heterocycles. The third kappa shape index (κ3) is 5.41. The maximum absolute atomic E-state index is 12.6. The molecule has 0 radical (unpaired) electrons. The molecule has 32 heavy (non-hydrogen) atoms. The fraction of sp³-hybridized carbons (Fsp3) is 0.583. The molecule has 0 atom stereocenters. The van der Waals surface area contributed by atoms with Gasteiger partial charge in [0.2, 0.25) is 0 Å². The predicted molar refractivity (Wildman–Crippen MR) is 127 cm³/mol. The number of carbonyl (C=O) groups is 1. The zero-order valence-electron chi connectivity index (χ0n) is 18.8. The smallest absolute Gasteiger partial charge is 0.303 e. The summed E-state index contributed by atoms with van der Waals surface area (Å²) in [7, 11) is -1.27. The number of thiazole rings is 1. The van der Waals surface area contributed by atoms with Crippen LogP contribution in [0.1, 0.15) is 60.6 Å². The van der Waals surface area contributed by atoms with E-state index in [9.17, 15) is 13.2 Å². The molecule has 2 aliphatic rings. The molecule has 0 amide bonds. The summed E-state index contributed by atoms with van der Waals surface area (Å²) < 4.78 is 25.3. The highest BCUT2D eigenvalue weighted by molar-refractivity contribution is 7.90. The van der Waals surface area contributed by atoms with Crippen molar-refractivity contribution >= 4 is 27.1 Å². The van der Waals surface area contributed by atoms with Gasteiger partial charge >= 0.3 is 5.97 Å². The van der Waals surface area contributed by atoms with Gasteiger partial charge in [-0.2, -0.15) is 0 Å².